The van der Waals surface area contributed by atoms with Crippen molar-refractivity contribution in [3.05, 3.63) is 47.0 Å². The minimum Gasteiger partial charge on any atom is -0.295 e. The number of rotatable bonds is 8. The Morgan fingerprint density at radius 3 is 2.19 bits per heavy atom. The predicted octanol–water partition coefficient (Wildman–Crippen LogP) is 7.40. The Morgan fingerprint density at radius 1 is 0.852 bits per heavy atom. The molecule has 2 aliphatic carbocycles. The summed E-state index contributed by atoms with van der Waals surface area (Å²) in [6.07, 6.45) is 16.7. The topological polar surface area (TPSA) is 17.1 Å². The van der Waals surface area contributed by atoms with E-state index in [1.807, 2.05) is 0 Å². The Bertz CT molecular complexity index is 616. The van der Waals surface area contributed by atoms with Crippen molar-refractivity contribution in [3.8, 4) is 0 Å². The highest BCUT2D eigenvalue weighted by Crippen LogP contribution is 2.41. The zero-order valence-electron chi connectivity index (χ0n) is 17.5. The molecule has 1 aromatic carbocycles. The van der Waals surface area contributed by atoms with Crippen LogP contribution in [0.25, 0.3) is 0 Å². The first kappa shape index (κ1) is 20.4. The van der Waals surface area contributed by atoms with Gasteiger partial charge < -0.3 is 0 Å². The minimum absolute atomic E-state index is 0.318. The summed E-state index contributed by atoms with van der Waals surface area (Å²) in [4.78, 5) is 12.5. The van der Waals surface area contributed by atoms with Crippen molar-refractivity contribution in [3.63, 3.8) is 0 Å². The molecule has 1 fully saturated rings. The lowest BCUT2D eigenvalue weighted by Crippen LogP contribution is -2.22. The van der Waals surface area contributed by atoms with E-state index in [1.54, 1.807) is 0 Å². The minimum atomic E-state index is 0.318. The number of aryl methyl sites for hydroxylation is 1. The summed E-state index contributed by atoms with van der Waals surface area (Å²) in [5.74, 6) is 2.14. The molecule has 27 heavy (non-hydrogen) atoms. The van der Waals surface area contributed by atoms with Crippen LogP contribution in [-0.4, -0.2) is 5.78 Å². The van der Waals surface area contributed by atoms with Crippen molar-refractivity contribution in [2.45, 2.75) is 96.8 Å². The van der Waals surface area contributed by atoms with Crippen molar-refractivity contribution < 1.29 is 4.79 Å². The third kappa shape index (κ3) is 5.56. The maximum atomic E-state index is 12.5. The van der Waals surface area contributed by atoms with Gasteiger partial charge in [0.25, 0.3) is 0 Å². The molecule has 148 valence electrons. The van der Waals surface area contributed by atoms with E-state index in [4.69, 9.17) is 0 Å². The second-order valence-electron chi connectivity index (χ2n) is 8.89. The molecule has 1 nitrogen and oxygen atoms in total. The Labute approximate surface area is 166 Å². The molecule has 1 unspecified atom stereocenters. The maximum absolute atomic E-state index is 12.5. The van der Waals surface area contributed by atoms with Crippen LogP contribution >= 0.6 is 0 Å². The molecule has 0 heterocycles. The van der Waals surface area contributed by atoms with Crippen LogP contribution in [0, 0.1) is 11.8 Å². The Hall–Kier alpha value is -1.37. The smallest absolute Gasteiger partial charge is 0.158 e. The van der Waals surface area contributed by atoms with Crippen LogP contribution in [-0.2, 0) is 11.2 Å². The number of carbonyl (C=O) groups excluding carboxylic acids is 1. The second-order valence-corrected chi connectivity index (χ2v) is 8.89. The van der Waals surface area contributed by atoms with Gasteiger partial charge in [-0.1, -0.05) is 69.4 Å². The quantitative estimate of drug-likeness (QED) is 0.438. The lowest BCUT2D eigenvalue weighted by atomic mass is 9.72. The third-order valence-corrected chi connectivity index (χ3v) is 6.91. The molecule has 0 radical (unpaired) electrons. The maximum Gasteiger partial charge on any atom is 0.158 e. The molecule has 0 N–H and O–H groups in total. The van der Waals surface area contributed by atoms with Crippen LogP contribution in [0.1, 0.15) is 102 Å². The van der Waals surface area contributed by atoms with Gasteiger partial charge in [-0.05, 0) is 80.4 Å². The molecule has 0 amide bonds. The van der Waals surface area contributed by atoms with Crippen molar-refractivity contribution in [1.82, 2.24) is 0 Å². The van der Waals surface area contributed by atoms with Crippen molar-refractivity contribution in [1.29, 1.82) is 0 Å². The fourth-order valence-electron chi connectivity index (χ4n) is 5.15. The molecule has 0 saturated heterocycles. The molecule has 1 aromatic rings. The van der Waals surface area contributed by atoms with Crippen LogP contribution in [0.5, 0.6) is 0 Å². The summed E-state index contributed by atoms with van der Waals surface area (Å²) in [7, 11) is 0. The van der Waals surface area contributed by atoms with Gasteiger partial charge in [0, 0.05) is 5.92 Å². The first-order chi connectivity index (χ1) is 13.2. The summed E-state index contributed by atoms with van der Waals surface area (Å²) in [6, 6.07) is 9.37. The van der Waals surface area contributed by atoms with Crippen LogP contribution in [0.2, 0.25) is 0 Å². The molecule has 0 bridgehead atoms. The third-order valence-electron chi connectivity index (χ3n) is 6.91. The number of benzene rings is 1. The number of hydrogen-bond donors (Lipinski definition) is 0. The van der Waals surface area contributed by atoms with Gasteiger partial charge in [-0.15, -0.1) is 0 Å². The molecule has 3 rings (SSSR count). The van der Waals surface area contributed by atoms with E-state index in [-0.39, 0.29) is 0 Å². The van der Waals surface area contributed by atoms with E-state index >= 15 is 0 Å². The molecule has 2 aliphatic rings. The van der Waals surface area contributed by atoms with Crippen LogP contribution in [0.15, 0.2) is 35.9 Å². The average Bonchev–Trinajstić information content (AvgIpc) is 2.70. The first-order valence-electron chi connectivity index (χ1n) is 11.5. The number of carbonyl (C=O) groups is 1. The van der Waals surface area contributed by atoms with Crippen LogP contribution in [0.4, 0.5) is 0 Å². The number of unbranched alkanes of at least 4 members (excludes halogenated alkanes) is 2. The number of ketones is 1. The fraction of sp³-hybridized carbons (Fsp3) is 0.654. The van der Waals surface area contributed by atoms with E-state index < -0.39 is 0 Å². The average molecular weight is 367 g/mol. The number of allylic oxidation sites excluding steroid dienone is 2. The molecule has 0 aromatic heterocycles. The van der Waals surface area contributed by atoms with Gasteiger partial charge in [-0.2, -0.15) is 0 Å². The standard InChI is InChI=1S/C26H38O/c1-3-5-6-8-24-17-18-25(19-26(24)27)23-15-13-22(14-16-23)21-11-9-20(7-4-2)10-12-21/h9-12,19,22-24H,3-8,13-18H2,1-2H3. The molecule has 0 spiro atoms. The highest BCUT2D eigenvalue weighted by Gasteiger charge is 2.29. The van der Waals surface area contributed by atoms with E-state index in [1.165, 1.54) is 80.9 Å². The van der Waals surface area contributed by atoms with E-state index in [2.05, 4.69) is 44.2 Å². The van der Waals surface area contributed by atoms with Gasteiger partial charge in [0.2, 0.25) is 0 Å². The fourth-order valence-corrected chi connectivity index (χ4v) is 5.15. The van der Waals surface area contributed by atoms with Gasteiger partial charge in [-0.25, -0.2) is 0 Å². The van der Waals surface area contributed by atoms with Gasteiger partial charge in [-0.3, -0.25) is 4.79 Å². The van der Waals surface area contributed by atoms with Gasteiger partial charge in [0.05, 0.1) is 0 Å². The van der Waals surface area contributed by atoms with E-state index in [9.17, 15) is 4.79 Å². The molecule has 1 saturated carbocycles. The monoisotopic (exact) mass is 366 g/mol. The molecular formula is C26H38O. The van der Waals surface area contributed by atoms with Gasteiger partial charge >= 0.3 is 0 Å². The predicted molar refractivity (Wildman–Crippen MR) is 115 cm³/mol. The summed E-state index contributed by atoms with van der Waals surface area (Å²) >= 11 is 0. The Balaban J connectivity index is 1.50. The van der Waals surface area contributed by atoms with Gasteiger partial charge in [0.15, 0.2) is 5.78 Å². The van der Waals surface area contributed by atoms with Crippen molar-refractivity contribution in [2.24, 2.45) is 11.8 Å². The highest BCUT2D eigenvalue weighted by atomic mass is 16.1. The van der Waals surface area contributed by atoms with Crippen LogP contribution < -0.4 is 0 Å². The Morgan fingerprint density at radius 2 is 1.56 bits per heavy atom. The zero-order chi connectivity index (χ0) is 19.1. The van der Waals surface area contributed by atoms with Crippen LogP contribution in [0.3, 0.4) is 0 Å². The SMILES string of the molecule is CCCCCC1CCC(C2CCC(c3ccc(CCC)cc3)CC2)=CC1=O. The van der Waals surface area contributed by atoms with E-state index in [0.717, 1.165) is 18.8 Å². The zero-order valence-corrected chi connectivity index (χ0v) is 17.5. The Kier molecular flexibility index (Phi) is 7.73. The van der Waals surface area contributed by atoms with Gasteiger partial charge in [0.1, 0.15) is 0 Å². The largest absolute Gasteiger partial charge is 0.295 e. The first-order valence-corrected chi connectivity index (χ1v) is 11.5. The summed E-state index contributed by atoms with van der Waals surface area (Å²) in [6.45, 7) is 4.48. The van der Waals surface area contributed by atoms with Crippen molar-refractivity contribution >= 4 is 5.78 Å². The lowest BCUT2D eigenvalue weighted by Gasteiger charge is -2.32. The highest BCUT2D eigenvalue weighted by molar-refractivity contribution is 5.93. The summed E-state index contributed by atoms with van der Waals surface area (Å²) < 4.78 is 0. The number of hydrogen-bond acceptors (Lipinski definition) is 1. The molecule has 0 aliphatic heterocycles. The molecule has 1 heteroatoms. The second kappa shape index (κ2) is 10.2. The molecular weight excluding hydrogens is 328 g/mol. The lowest BCUT2D eigenvalue weighted by molar-refractivity contribution is -0.119. The molecule has 1 atom stereocenters. The normalized spacial score (nSPS) is 26.1. The summed E-state index contributed by atoms with van der Waals surface area (Å²) in [5, 5.41) is 0. The van der Waals surface area contributed by atoms with Crippen molar-refractivity contribution in [2.75, 3.05) is 0 Å². The van der Waals surface area contributed by atoms with E-state index in [0.29, 0.717) is 17.6 Å². The summed E-state index contributed by atoms with van der Waals surface area (Å²) in [5.41, 5.74) is 4.47.